The normalized spacial score (nSPS) is 10.7. The summed E-state index contributed by atoms with van der Waals surface area (Å²) in [6, 6.07) is 9.93. The SMILES string of the molecule is CCCOc1ccc(Br)cc1/C=N\NC(=O)C(=O)Nc1cc(Cl)ccc1Cl. The van der Waals surface area contributed by atoms with Crippen molar-refractivity contribution in [1.29, 1.82) is 0 Å². The maximum Gasteiger partial charge on any atom is 0.329 e. The number of rotatable bonds is 6. The van der Waals surface area contributed by atoms with E-state index in [0.29, 0.717) is 22.9 Å². The summed E-state index contributed by atoms with van der Waals surface area (Å²) in [5, 5.41) is 6.82. The molecule has 6 nitrogen and oxygen atoms in total. The molecule has 0 atom stereocenters. The number of nitrogens with zero attached hydrogens (tertiary/aromatic N) is 1. The van der Waals surface area contributed by atoms with Gasteiger partial charge >= 0.3 is 11.8 Å². The fourth-order valence-corrected chi connectivity index (χ4v) is 2.66. The Bertz CT molecular complexity index is 875. The third kappa shape index (κ3) is 6.53. The van der Waals surface area contributed by atoms with Crippen molar-refractivity contribution in [2.24, 2.45) is 5.10 Å². The molecule has 0 unspecified atom stereocenters. The lowest BCUT2D eigenvalue weighted by molar-refractivity contribution is -0.136. The monoisotopic (exact) mass is 471 g/mol. The number of anilines is 1. The summed E-state index contributed by atoms with van der Waals surface area (Å²) in [6.07, 6.45) is 2.25. The number of hydrogen-bond donors (Lipinski definition) is 2. The molecule has 2 rings (SSSR count). The third-order valence-corrected chi connectivity index (χ3v) is 4.24. The summed E-state index contributed by atoms with van der Waals surface area (Å²) < 4.78 is 6.44. The molecule has 0 spiro atoms. The molecule has 0 radical (unpaired) electrons. The summed E-state index contributed by atoms with van der Waals surface area (Å²) in [5.41, 5.74) is 3.04. The molecule has 0 aliphatic rings. The van der Waals surface area contributed by atoms with E-state index >= 15 is 0 Å². The molecule has 2 N–H and O–H groups in total. The van der Waals surface area contributed by atoms with Crippen molar-refractivity contribution in [1.82, 2.24) is 5.43 Å². The van der Waals surface area contributed by atoms with Crippen molar-refractivity contribution in [3.8, 4) is 5.75 Å². The molecular formula is C18H16BrCl2N3O3. The highest BCUT2D eigenvalue weighted by molar-refractivity contribution is 9.10. The molecule has 2 aromatic rings. The number of benzene rings is 2. The number of carbonyl (C=O) groups is 2. The predicted octanol–water partition coefficient (Wildman–Crippen LogP) is 4.63. The topological polar surface area (TPSA) is 79.8 Å². The molecule has 0 heterocycles. The number of hydrogen-bond acceptors (Lipinski definition) is 4. The molecule has 0 aromatic heterocycles. The molecule has 0 saturated carbocycles. The minimum Gasteiger partial charge on any atom is -0.493 e. The number of nitrogens with one attached hydrogen (secondary N) is 2. The highest BCUT2D eigenvalue weighted by Crippen LogP contribution is 2.25. The smallest absolute Gasteiger partial charge is 0.329 e. The molecule has 9 heteroatoms. The second-order valence-electron chi connectivity index (χ2n) is 5.31. The molecule has 2 amide bonds. The Morgan fingerprint density at radius 3 is 2.70 bits per heavy atom. The number of halogens is 3. The first-order valence-corrected chi connectivity index (χ1v) is 9.47. The molecule has 0 fully saturated rings. The van der Waals surface area contributed by atoms with E-state index in [1.807, 2.05) is 13.0 Å². The lowest BCUT2D eigenvalue weighted by Crippen LogP contribution is -2.32. The second-order valence-corrected chi connectivity index (χ2v) is 7.07. The van der Waals surface area contributed by atoms with Gasteiger partial charge in [0, 0.05) is 15.1 Å². The summed E-state index contributed by atoms with van der Waals surface area (Å²) in [5.74, 6) is -1.26. The maximum absolute atomic E-state index is 11.9. The van der Waals surface area contributed by atoms with Crippen LogP contribution >= 0.6 is 39.1 Å². The zero-order valence-electron chi connectivity index (χ0n) is 14.3. The molecule has 27 heavy (non-hydrogen) atoms. The van der Waals surface area contributed by atoms with Crippen LogP contribution in [0.5, 0.6) is 5.75 Å². The van der Waals surface area contributed by atoms with Crippen LogP contribution < -0.4 is 15.5 Å². The van der Waals surface area contributed by atoms with Crippen LogP contribution in [0.2, 0.25) is 10.0 Å². The van der Waals surface area contributed by atoms with Crippen LogP contribution in [0.3, 0.4) is 0 Å². The second kappa shape index (κ2) is 10.3. The summed E-state index contributed by atoms with van der Waals surface area (Å²) >= 11 is 15.2. The van der Waals surface area contributed by atoms with E-state index in [9.17, 15) is 9.59 Å². The molecule has 2 aromatic carbocycles. The minimum atomic E-state index is -0.951. The van der Waals surface area contributed by atoms with E-state index in [-0.39, 0.29) is 10.7 Å². The first-order chi connectivity index (χ1) is 12.9. The van der Waals surface area contributed by atoms with E-state index < -0.39 is 11.8 Å². The molecule has 0 bridgehead atoms. The minimum absolute atomic E-state index is 0.232. The van der Waals surface area contributed by atoms with Crippen LogP contribution in [0.4, 0.5) is 5.69 Å². The Morgan fingerprint density at radius 1 is 1.19 bits per heavy atom. The van der Waals surface area contributed by atoms with Gasteiger partial charge in [-0.25, -0.2) is 5.43 Å². The van der Waals surface area contributed by atoms with Crippen molar-refractivity contribution < 1.29 is 14.3 Å². The van der Waals surface area contributed by atoms with Crippen molar-refractivity contribution in [3.63, 3.8) is 0 Å². The summed E-state index contributed by atoms with van der Waals surface area (Å²) in [6.45, 7) is 2.55. The average molecular weight is 473 g/mol. The van der Waals surface area contributed by atoms with Gasteiger partial charge in [0.05, 0.1) is 23.5 Å². The molecule has 142 valence electrons. The Balaban J connectivity index is 2.01. The van der Waals surface area contributed by atoms with Gasteiger partial charge < -0.3 is 10.1 Å². The van der Waals surface area contributed by atoms with Crippen LogP contribution in [-0.2, 0) is 9.59 Å². The first-order valence-electron chi connectivity index (χ1n) is 7.92. The largest absolute Gasteiger partial charge is 0.493 e. The summed E-state index contributed by atoms with van der Waals surface area (Å²) in [4.78, 5) is 23.9. The van der Waals surface area contributed by atoms with Crippen LogP contribution in [0, 0.1) is 0 Å². The van der Waals surface area contributed by atoms with Gasteiger partial charge in [0.15, 0.2) is 0 Å². The average Bonchev–Trinajstić information content (AvgIpc) is 2.64. The van der Waals surface area contributed by atoms with Gasteiger partial charge in [-0.1, -0.05) is 46.1 Å². The quantitative estimate of drug-likeness (QED) is 0.365. The van der Waals surface area contributed by atoms with Gasteiger partial charge in [0.25, 0.3) is 0 Å². The van der Waals surface area contributed by atoms with E-state index in [2.05, 4.69) is 31.8 Å². The lowest BCUT2D eigenvalue weighted by Gasteiger charge is -2.08. The van der Waals surface area contributed by atoms with Crippen LogP contribution in [0.1, 0.15) is 18.9 Å². The predicted molar refractivity (Wildman–Crippen MR) is 111 cm³/mol. The Kier molecular flexibility index (Phi) is 8.09. The van der Waals surface area contributed by atoms with Gasteiger partial charge in [-0.05, 0) is 42.8 Å². The van der Waals surface area contributed by atoms with Crippen molar-refractivity contribution in [2.45, 2.75) is 13.3 Å². The third-order valence-electron chi connectivity index (χ3n) is 3.19. The van der Waals surface area contributed by atoms with Gasteiger partial charge in [0.1, 0.15) is 5.75 Å². The lowest BCUT2D eigenvalue weighted by atomic mass is 10.2. The maximum atomic E-state index is 11.9. The molecule has 0 saturated heterocycles. The molecule has 0 aliphatic carbocycles. The number of hydrazone groups is 1. The van der Waals surface area contributed by atoms with Crippen LogP contribution in [0.15, 0.2) is 46.0 Å². The van der Waals surface area contributed by atoms with Crippen molar-refractivity contribution in [3.05, 3.63) is 56.5 Å². The van der Waals surface area contributed by atoms with E-state index in [4.69, 9.17) is 27.9 Å². The fraction of sp³-hybridized carbons (Fsp3) is 0.167. The Labute approximate surface area is 175 Å². The number of ether oxygens (including phenoxy) is 1. The van der Waals surface area contributed by atoms with Crippen LogP contribution in [-0.4, -0.2) is 24.6 Å². The highest BCUT2D eigenvalue weighted by atomic mass is 79.9. The van der Waals surface area contributed by atoms with Crippen molar-refractivity contribution >= 4 is 62.8 Å². The van der Waals surface area contributed by atoms with Crippen LogP contribution in [0.25, 0.3) is 0 Å². The fourth-order valence-electron chi connectivity index (χ4n) is 1.95. The molecular weight excluding hydrogens is 457 g/mol. The summed E-state index contributed by atoms with van der Waals surface area (Å²) in [7, 11) is 0. The highest BCUT2D eigenvalue weighted by Gasteiger charge is 2.15. The zero-order valence-corrected chi connectivity index (χ0v) is 17.4. The van der Waals surface area contributed by atoms with E-state index in [1.54, 1.807) is 18.2 Å². The number of carbonyl (C=O) groups excluding carboxylic acids is 2. The van der Waals surface area contributed by atoms with E-state index in [0.717, 1.165) is 10.9 Å². The van der Waals surface area contributed by atoms with E-state index in [1.165, 1.54) is 18.3 Å². The van der Waals surface area contributed by atoms with Crippen molar-refractivity contribution in [2.75, 3.05) is 11.9 Å². The van der Waals surface area contributed by atoms with Gasteiger partial charge in [-0.15, -0.1) is 0 Å². The molecule has 0 aliphatic heterocycles. The number of amides is 2. The van der Waals surface area contributed by atoms with Gasteiger partial charge in [-0.3, -0.25) is 9.59 Å². The Morgan fingerprint density at radius 2 is 1.96 bits per heavy atom. The first kappa shape index (κ1) is 21.2. The van der Waals surface area contributed by atoms with Gasteiger partial charge in [-0.2, -0.15) is 5.10 Å². The standard InChI is InChI=1S/C18H16BrCl2N3O3/c1-2-7-27-16-6-3-12(19)8-11(16)10-22-24-18(26)17(25)23-15-9-13(20)4-5-14(15)21/h3-6,8-10H,2,7H2,1H3,(H,23,25)(H,24,26)/b22-10-. The van der Waals surface area contributed by atoms with Gasteiger partial charge in [0.2, 0.25) is 0 Å². The Hall–Kier alpha value is -2.09. The zero-order chi connectivity index (χ0) is 19.8.